The van der Waals surface area contributed by atoms with E-state index in [0.29, 0.717) is 44.2 Å². The Bertz CT molecular complexity index is 256. The number of hydrogen-bond acceptors (Lipinski definition) is 3. The van der Waals surface area contributed by atoms with Crippen molar-refractivity contribution in [1.29, 1.82) is 0 Å². The van der Waals surface area contributed by atoms with Crippen LogP contribution in [0, 0.1) is 0 Å². The molecule has 0 aliphatic heterocycles. The average Bonchev–Trinajstić information content (AvgIpc) is 2.41. The van der Waals surface area contributed by atoms with Crippen LogP contribution >= 0.6 is 42.5 Å². The zero-order valence-corrected chi connectivity index (χ0v) is 14.0. The van der Waals surface area contributed by atoms with E-state index in [4.69, 9.17) is 44.4 Å². The molecular weight excluding hydrogens is 333 g/mol. The summed E-state index contributed by atoms with van der Waals surface area (Å²) in [6, 6.07) is 0. The zero-order chi connectivity index (χ0) is 14.6. The molecule has 0 radical (unpaired) electrons. The first-order valence-corrected chi connectivity index (χ1v) is 9.36. The first kappa shape index (κ1) is 19.9. The molecule has 0 aromatic rings. The van der Waals surface area contributed by atoms with Gasteiger partial charge in [0.2, 0.25) is 0 Å². The second kappa shape index (κ2) is 12.7. The number of rotatable bonds is 13. The Kier molecular flexibility index (Phi) is 13.3. The van der Waals surface area contributed by atoms with Crippen LogP contribution < -0.4 is 5.09 Å². The summed E-state index contributed by atoms with van der Waals surface area (Å²) >= 11 is 17.0. The van der Waals surface area contributed by atoms with Crippen molar-refractivity contribution in [3.05, 3.63) is 0 Å². The smallest absolute Gasteiger partial charge is 0.343 e. The summed E-state index contributed by atoms with van der Waals surface area (Å²) in [6.45, 7) is 1.62. The summed E-state index contributed by atoms with van der Waals surface area (Å²) in [7, 11) is -3.17. The summed E-state index contributed by atoms with van der Waals surface area (Å²) < 4.78 is 19.8. The molecule has 0 bridgehead atoms. The first-order chi connectivity index (χ1) is 9.14. The normalized spacial score (nSPS) is 14.8. The number of halogens is 3. The van der Waals surface area contributed by atoms with Crippen LogP contribution in [0.1, 0.15) is 12.8 Å². The Morgan fingerprint density at radius 1 is 1.11 bits per heavy atom. The van der Waals surface area contributed by atoms with Crippen LogP contribution in [0.3, 0.4) is 0 Å². The van der Waals surface area contributed by atoms with E-state index < -0.39 is 7.67 Å². The van der Waals surface area contributed by atoms with Gasteiger partial charge in [0.25, 0.3) is 0 Å². The fraction of sp³-hybridized carbons (Fsp3) is 1.00. The molecule has 0 aliphatic rings. The minimum atomic E-state index is -3.17. The number of nitrogens with one attached hydrogen (secondary N) is 1. The second-order valence-electron chi connectivity index (χ2n) is 3.71. The molecule has 0 fully saturated rings. The summed E-state index contributed by atoms with van der Waals surface area (Å²) in [5, 5.41) is 11.6. The van der Waals surface area contributed by atoms with Crippen LogP contribution in [0.25, 0.3) is 0 Å². The molecule has 5 nitrogen and oxygen atoms in total. The highest BCUT2D eigenvalue weighted by atomic mass is 35.5. The van der Waals surface area contributed by atoms with E-state index in [9.17, 15) is 4.57 Å². The predicted octanol–water partition coefficient (Wildman–Crippen LogP) is 2.49. The van der Waals surface area contributed by atoms with Crippen molar-refractivity contribution in [2.75, 3.05) is 50.5 Å². The highest BCUT2D eigenvalue weighted by molar-refractivity contribution is 7.54. The van der Waals surface area contributed by atoms with E-state index >= 15 is 0 Å². The molecule has 116 valence electrons. The molecular formula is C10H22Cl3N2O3P. The molecule has 19 heavy (non-hydrogen) atoms. The summed E-state index contributed by atoms with van der Waals surface area (Å²) in [4.78, 5) is 0. The van der Waals surface area contributed by atoms with E-state index in [2.05, 4.69) is 5.09 Å². The lowest BCUT2D eigenvalue weighted by atomic mass is 10.3. The monoisotopic (exact) mass is 354 g/mol. The van der Waals surface area contributed by atoms with E-state index in [0.717, 1.165) is 0 Å². The molecule has 1 unspecified atom stereocenters. The fourth-order valence-corrected chi connectivity index (χ4v) is 4.20. The molecule has 0 heterocycles. The fourth-order valence-electron chi connectivity index (χ4n) is 1.41. The molecule has 0 aromatic carbocycles. The Morgan fingerprint density at radius 3 is 2.21 bits per heavy atom. The molecule has 0 saturated carbocycles. The van der Waals surface area contributed by atoms with Crippen LogP contribution in [0.2, 0.25) is 0 Å². The van der Waals surface area contributed by atoms with Crippen LogP contribution in [0.4, 0.5) is 0 Å². The maximum absolute atomic E-state index is 12.8. The third-order valence-electron chi connectivity index (χ3n) is 2.30. The van der Waals surface area contributed by atoms with Gasteiger partial charge in [-0.05, 0) is 12.8 Å². The third kappa shape index (κ3) is 8.74. The highest BCUT2D eigenvalue weighted by Crippen LogP contribution is 2.46. The number of hydrogen-bond donors (Lipinski definition) is 2. The van der Waals surface area contributed by atoms with Gasteiger partial charge >= 0.3 is 7.67 Å². The Labute approximate surface area is 130 Å². The lowest BCUT2D eigenvalue weighted by Crippen LogP contribution is -2.33. The van der Waals surface area contributed by atoms with Gasteiger partial charge in [0.15, 0.2) is 0 Å². The number of nitrogens with zero attached hydrogens (tertiary/aromatic N) is 1. The number of alkyl halides is 3. The van der Waals surface area contributed by atoms with Crippen molar-refractivity contribution in [2.24, 2.45) is 0 Å². The minimum absolute atomic E-state index is 0.113. The molecule has 0 amide bonds. The highest BCUT2D eigenvalue weighted by Gasteiger charge is 2.30. The van der Waals surface area contributed by atoms with Gasteiger partial charge in [-0.2, -0.15) is 0 Å². The maximum Gasteiger partial charge on any atom is 0.343 e. The quantitative estimate of drug-likeness (QED) is 0.302. The molecule has 0 aliphatic carbocycles. The largest absolute Gasteiger partial charge is 0.396 e. The van der Waals surface area contributed by atoms with Gasteiger partial charge in [-0.3, -0.25) is 4.57 Å². The maximum atomic E-state index is 12.8. The van der Waals surface area contributed by atoms with Crippen molar-refractivity contribution in [2.45, 2.75) is 12.8 Å². The number of unbranched alkanes of at least 4 members (excludes halogenated alkanes) is 1. The van der Waals surface area contributed by atoms with Gasteiger partial charge in [-0.1, -0.05) is 0 Å². The first-order valence-electron chi connectivity index (χ1n) is 6.18. The SMILES string of the molecule is O=P(NCCCCO)(OCCCl)N(CCCl)CCCl. The third-order valence-corrected chi connectivity index (χ3v) is 5.09. The predicted molar refractivity (Wildman–Crippen MR) is 81.6 cm³/mol. The number of aliphatic hydroxyl groups is 1. The summed E-state index contributed by atoms with van der Waals surface area (Å²) in [5.74, 6) is 0.935. The average molecular weight is 356 g/mol. The van der Waals surface area contributed by atoms with Gasteiger partial charge in [0, 0.05) is 43.9 Å². The molecule has 0 aromatic heterocycles. The minimum Gasteiger partial charge on any atom is -0.396 e. The Morgan fingerprint density at radius 2 is 1.74 bits per heavy atom. The van der Waals surface area contributed by atoms with Gasteiger partial charge in [-0.25, -0.2) is 9.76 Å². The second-order valence-corrected chi connectivity index (χ2v) is 7.03. The van der Waals surface area contributed by atoms with E-state index in [1.54, 1.807) is 4.67 Å². The van der Waals surface area contributed by atoms with Crippen LogP contribution in [-0.4, -0.2) is 60.3 Å². The topological polar surface area (TPSA) is 61.8 Å². The van der Waals surface area contributed by atoms with Gasteiger partial charge in [0.1, 0.15) is 0 Å². The van der Waals surface area contributed by atoms with Crippen molar-refractivity contribution in [3.63, 3.8) is 0 Å². The summed E-state index contributed by atoms with van der Waals surface area (Å²) in [5.41, 5.74) is 0. The van der Waals surface area contributed by atoms with E-state index in [-0.39, 0.29) is 19.1 Å². The Balaban J connectivity index is 4.55. The lowest BCUT2D eigenvalue weighted by Gasteiger charge is -2.30. The molecule has 1 atom stereocenters. The van der Waals surface area contributed by atoms with Crippen molar-refractivity contribution < 1.29 is 14.2 Å². The zero-order valence-electron chi connectivity index (χ0n) is 10.9. The van der Waals surface area contributed by atoms with E-state index in [1.165, 1.54) is 0 Å². The number of aliphatic hydroxyl groups excluding tert-OH is 1. The summed E-state index contributed by atoms with van der Waals surface area (Å²) in [6.07, 6.45) is 1.35. The van der Waals surface area contributed by atoms with Crippen molar-refractivity contribution >= 4 is 42.5 Å². The van der Waals surface area contributed by atoms with Crippen LogP contribution in [0.5, 0.6) is 0 Å². The Hall–Kier alpha value is 0.940. The van der Waals surface area contributed by atoms with Gasteiger partial charge in [-0.15, -0.1) is 34.8 Å². The van der Waals surface area contributed by atoms with Crippen LogP contribution in [-0.2, 0) is 9.09 Å². The molecule has 0 saturated heterocycles. The molecule has 9 heteroatoms. The standard InChI is InChI=1S/C10H22Cl3N2O3P/c11-3-7-15(8-4-12)19(17,18-10-5-13)14-6-1-2-9-16/h16H,1-10H2,(H,14,17). The van der Waals surface area contributed by atoms with Crippen molar-refractivity contribution in [3.8, 4) is 0 Å². The molecule has 2 N–H and O–H groups in total. The van der Waals surface area contributed by atoms with Crippen molar-refractivity contribution in [1.82, 2.24) is 9.76 Å². The molecule has 0 spiro atoms. The van der Waals surface area contributed by atoms with Gasteiger partial charge < -0.3 is 9.63 Å². The van der Waals surface area contributed by atoms with Gasteiger partial charge in [0.05, 0.1) is 6.61 Å². The van der Waals surface area contributed by atoms with E-state index in [1.807, 2.05) is 0 Å². The molecule has 0 rings (SSSR count). The lowest BCUT2D eigenvalue weighted by molar-refractivity contribution is 0.266. The van der Waals surface area contributed by atoms with Crippen LogP contribution in [0.15, 0.2) is 0 Å².